The highest BCUT2D eigenvalue weighted by molar-refractivity contribution is 6.30. The Morgan fingerprint density at radius 2 is 1.90 bits per heavy atom. The molecule has 0 spiro atoms. The quantitative estimate of drug-likeness (QED) is 0.517. The highest BCUT2D eigenvalue weighted by Gasteiger charge is 2.19. The first-order valence-corrected chi connectivity index (χ1v) is 9.71. The molecular formula is C22H16ClN7O. The first kappa shape index (κ1) is 20.2. The summed E-state index contributed by atoms with van der Waals surface area (Å²) in [6.45, 7) is 1.80. The number of nitrogens with one attached hydrogen (secondary N) is 1. The van der Waals surface area contributed by atoms with E-state index >= 15 is 0 Å². The molecule has 4 rings (SSSR count). The minimum absolute atomic E-state index is 0.293. The van der Waals surface area contributed by atoms with Crippen LogP contribution in [-0.2, 0) is 0 Å². The molecule has 0 saturated heterocycles. The Morgan fingerprint density at radius 3 is 2.61 bits per heavy atom. The lowest BCUT2D eigenvalue weighted by Gasteiger charge is -2.14. The summed E-state index contributed by atoms with van der Waals surface area (Å²) in [6, 6.07) is 14.0. The Bertz CT molecular complexity index is 1260. The molecule has 1 aromatic carbocycles. The molecule has 8 nitrogen and oxygen atoms in total. The van der Waals surface area contributed by atoms with E-state index in [4.69, 9.17) is 16.9 Å². The van der Waals surface area contributed by atoms with Crippen LogP contribution in [0.4, 0.5) is 0 Å². The topological polar surface area (TPSA) is 109 Å². The van der Waals surface area contributed by atoms with E-state index in [1.54, 1.807) is 43.5 Å². The first-order valence-electron chi connectivity index (χ1n) is 9.33. The Kier molecular flexibility index (Phi) is 5.69. The van der Waals surface area contributed by atoms with E-state index in [2.05, 4.69) is 25.4 Å². The summed E-state index contributed by atoms with van der Waals surface area (Å²) in [6.07, 6.45) is 6.05. The van der Waals surface area contributed by atoms with E-state index in [0.717, 1.165) is 11.1 Å². The van der Waals surface area contributed by atoms with Crippen molar-refractivity contribution in [2.45, 2.75) is 13.0 Å². The zero-order chi connectivity index (χ0) is 21.8. The van der Waals surface area contributed by atoms with Crippen LogP contribution in [0.5, 0.6) is 0 Å². The number of halogens is 1. The average Bonchev–Trinajstić information content (AvgIpc) is 3.30. The molecule has 0 radical (unpaired) electrons. The summed E-state index contributed by atoms with van der Waals surface area (Å²) in [5.74, 6) is 0.713. The van der Waals surface area contributed by atoms with Crippen LogP contribution >= 0.6 is 11.6 Å². The molecule has 0 bridgehead atoms. The van der Waals surface area contributed by atoms with Crippen molar-refractivity contribution in [2.24, 2.45) is 0 Å². The summed E-state index contributed by atoms with van der Waals surface area (Å²) in [4.78, 5) is 25.5. The van der Waals surface area contributed by atoms with E-state index in [-0.39, 0.29) is 5.91 Å². The summed E-state index contributed by atoms with van der Waals surface area (Å²) >= 11 is 5.95. The number of carbonyl (C=O) groups is 1. The van der Waals surface area contributed by atoms with E-state index in [9.17, 15) is 4.79 Å². The van der Waals surface area contributed by atoms with Gasteiger partial charge in [-0.1, -0.05) is 23.7 Å². The Labute approximate surface area is 183 Å². The molecule has 3 aromatic heterocycles. The lowest BCUT2D eigenvalue weighted by molar-refractivity contribution is 0.0937. The van der Waals surface area contributed by atoms with Crippen LogP contribution in [0.25, 0.3) is 16.9 Å². The Morgan fingerprint density at radius 1 is 1.10 bits per heavy atom. The van der Waals surface area contributed by atoms with Crippen molar-refractivity contribution >= 4 is 17.5 Å². The maximum atomic E-state index is 12.8. The zero-order valence-electron chi connectivity index (χ0n) is 16.4. The summed E-state index contributed by atoms with van der Waals surface area (Å²) < 4.78 is 1.52. The third kappa shape index (κ3) is 4.42. The van der Waals surface area contributed by atoms with Crippen molar-refractivity contribution in [1.29, 1.82) is 5.26 Å². The number of nitriles is 1. The van der Waals surface area contributed by atoms with E-state index in [0.29, 0.717) is 27.8 Å². The number of rotatable bonds is 5. The predicted molar refractivity (Wildman–Crippen MR) is 114 cm³/mol. The van der Waals surface area contributed by atoms with Gasteiger partial charge in [-0.05, 0) is 42.8 Å². The van der Waals surface area contributed by atoms with Gasteiger partial charge in [0.2, 0.25) is 0 Å². The van der Waals surface area contributed by atoms with Gasteiger partial charge in [-0.3, -0.25) is 9.78 Å². The summed E-state index contributed by atoms with van der Waals surface area (Å²) in [5, 5.41) is 16.7. The minimum atomic E-state index is -0.452. The SMILES string of the molecule is C[C@@H](NC(=O)c1cncc(-c2ccc(Cl)cc2)c1)c1ncnn1-c1ccc(C#N)cn1. The number of carbonyl (C=O) groups excluding carboxylic acids is 1. The van der Waals surface area contributed by atoms with Gasteiger partial charge in [0, 0.05) is 29.2 Å². The lowest BCUT2D eigenvalue weighted by atomic mass is 10.1. The molecule has 31 heavy (non-hydrogen) atoms. The fraction of sp³-hybridized carbons (Fsp3) is 0.0909. The fourth-order valence-corrected chi connectivity index (χ4v) is 3.13. The fourth-order valence-electron chi connectivity index (χ4n) is 3.01. The summed E-state index contributed by atoms with van der Waals surface area (Å²) in [7, 11) is 0. The molecule has 3 heterocycles. The van der Waals surface area contributed by atoms with Crippen LogP contribution in [0.15, 0.2) is 67.4 Å². The van der Waals surface area contributed by atoms with Crippen LogP contribution < -0.4 is 5.32 Å². The normalized spacial score (nSPS) is 11.5. The van der Waals surface area contributed by atoms with Gasteiger partial charge in [0.15, 0.2) is 11.6 Å². The minimum Gasteiger partial charge on any atom is -0.342 e. The Hall–Kier alpha value is -4.09. The van der Waals surface area contributed by atoms with Crippen LogP contribution in [0, 0.1) is 11.3 Å². The lowest BCUT2D eigenvalue weighted by Crippen LogP contribution is -2.29. The van der Waals surface area contributed by atoms with Crippen molar-refractivity contribution in [2.75, 3.05) is 0 Å². The molecule has 1 atom stereocenters. The smallest absolute Gasteiger partial charge is 0.253 e. The van der Waals surface area contributed by atoms with Crippen LogP contribution in [0.1, 0.15) is 34.7 Å². The van der Waals surface area contributed by atoms with Crippen LogP contribution in [-0.4, -0.2) is 30.6 Å². The third-order valence-corrected chi connectivity index (χ3v) is 4.83. The standard InChI is InChI=1S/C22H16ClN7O/c1-14(21-27-13-28-30(21)20-7-2-15(9-24)10-26-20)29-22(31)18-8-17(11-25-12-18)16-3-5-19(23)6-4-16/h2-8,10-14H,1H3,(H,29,31)/t14-/m1/s1. The van der Waals surface area contributed by atoms with Gasteiger partial charge in [0.25, 0.3) is 5.91 Å². The van der Waals surface area contributed by atoms with Gasteiger partial charge in [-0.25, -0.2) is 9.97 Å². The van der Waals surface area contributed by atoms with Crippen LogP contribution in [0.2, 0.25) is 5.02 Å². The number of nitrogens with zero attached hydrogens (tertiary/aromatic N) is 6. The molecule has 4 aromatic rings. The molecule has 0 saturated carbocycles. The third-order valence-electron chi connectivity index (χ3n) is 4.58. The zero-order valence-corrected chi connectivity index (χ0v) is 17.2. The predicted octanol–water partition coefficient (Wildman–Crippen LogP) is 3.74. The number of hydrogen-bond acceptors (Lipinski definition) is 6. The van der Waals surface area contributed by atoms with Crippen molar-refractivity contribution < 1.29 is 4.79 Å². The van der Waals surface area contributed by atoms with Gasteiger partial charge in [-0.15, -0.1) is 0 Å². The van der Waals surface area contributed by atoms with E-state index in [1.165, 1.54) is 23.4 Å². The molecule has 9 heteroatoms. The average molecular weight is 430 g/mol. The van der Waals surface area contributed by atoms with Crippen molar-refractivity contribution in [3.8, 4) is 23.0 Å². The number of amides is 1. The number of benzene rings is 1. The largest absolute Gasteiger partial charge is 0.342 e. The highest BCUT2D eigenvalue weighted by atomic mass is 35.5. The monoisotopic (exact) mass is 429 g/mol. The second kappa shape index (κ2) is 8.73. The Balaban J connectivity index is 1.53. The van der Waals surface area contributed by atoms with Gasteiger partial charge in [0.1, 0.15) is 12.4 Å². The van der Waals surface area contributed by atoms with Crippen molar-refractivity contribution in [3.63, 3.8) is 0 Å². The van der Waals surface area contributed by atoms with Gasteiger partial charge < -0.3 is 5.32 Å². The highest BCUT2D eigenvalue weighted by Crippen LogP contribution is 2.22. The molecule has 1 N–H and O–H groups in total. The molecule has 0 unspecified atom stereocenters. The number of hydrogen-bond donors (Lipinski definition) is 1. The number of aromatic nitrogens is 5. The second-order valence-corrected chi connectivity index (χ2v) is 7.15. The van der Waals surface area contributed by atoms with Gasteiger partial charge >= 0.3 is 0 Å². The molecule has 0 aliphatic rings. The molecular weight excluding hydrogens is 414 g/mol. The molecule has 0 aliphatic carbocycles. The summed E-state index contributed by atoms with van der Waals surface area (Å²) in [5.41, 5.74) is 2.58. The van der Waals surface area contributed by atoms with E-state index in [1.807, 2.05) is 18.2 Å². The van der Waals surface area contributed by atoms with Crippen LogP contribution in [0.3, 0.4) is 0 Å². The van der Waals surface area contributed by atoms with Crippen molar-refractivity contribution in [3.05, 3.63) is 89.4 Å². The molecule has 152 valence electrons. The van der Waals surface area contributed by atoms with Crippen molar-refractivity contribution in [1.82, 2.24) is 30.0 Å². The maximum Gasteiger partial charge on any atom is 0.253 e. The second-order valence-electron chi connectivity index (χ2n) is 6.71. The van der Waals surface area contributed by atoms with Gasteiger partial charge in [-0.2, -0.15) is 15.0 Å². The molecule has 1 amide bonds. The number of pyridine rings is 2. The molecule has 0 aliphatic heterocycles. The van der Waals surface area contributed by atoms with Gasteiger partial charge in [0.05, 0.1) is 17.2 Å². The van der Waals surface area contributed by atoms with E-state index < -0.39 is 6.04 Å². The maximum absolute atomic E-state index is 12.8. The first-order chi connectivity index (χ1) is 15.0. The molecule has 0 fully saturated rings.